The molecule has 1 aliphatic carbocycles. The van der Waals surface area contributed by atoms with Gasteiger partial charge in [0.05, 0.1) is 5.60 Å². The van der Waals surface area contributed by atoms with Gasteiger partial charge in [-0.3, -0.25) is 0 Å². The minimum absolute atomic E-state index is 0.149. The summed E-state index contributed by atoms with van der Waals surface area (Å²) in [7, 11) is 0. The van der Waals surface area contributed by atoms with Crippen molar-refractivity contribution in [2.45, 2.75) is 44.1 Å². The van der Waals surface area contributed by atoms with Crippen LogP contribution in [0.4, 0.5) is 0 Å². The Kier molecular flexibility index (Phi) is 3.10. The lowest BCUT2D eigenvalue weighted by Crippen LogP contribution is -2.21. The van der Waals surface area contributed by atoms with E-state index in [1.807, 2.05) is 12.1 Å². The SMILES string of the molecule is CC(O)(CC=O)c1ccc(C2CCC2)cc1. The molecule has 1 aromatic rings. The van der Waals surface area contributed by atoms with E-state index in [1.54, 1.807) is 6.92 Å². The zero-order valence-electron chi connectivity index (χ0n) is 9.65. The van der Waals surface area contributed by atoms with E-state index in [-0.39, 0.29) is 6.42 Å². The zero-order valence-corrected chi connectivity index (χ0v) is 9.65. The molecular weight excluding hydrogens is 200 g/mol. The molecule has 0 amide bonds. The maximum absolute atomic E-state index is 10.5. The highest BCUT2D eigenvalue weighted by atomic mass is 16.3. The molecular formula is C14H18O2. The lowest BCUT2D eigenvalue weighted by Gasteiger charge is -2.27. The Balaban J connectivity index is 2.14. The van der Waals surface area contributed by atoms with Gasteiger partial charge in [0.1, 0.15) is 6.29 Å². The van der Waals surface area contributed by atoms with Crippen molar-refractivity contribution in [3.05, 3.63) is 35.4 Å². The van der Waals surface area contributed by atoms with E-state index in [4.69, 9.17) is 0 Å². The average Bonchev–Trinajstić information content (AvgIpc) is 2.16. The van der Waals surface area contributed by atoms with Crippen LogP contribution >= 0.6 is 0 Å². The minimum atomic E-state index is -1.03. The Labute approximate surface area is 96.3 Å². The molecule has 0 heterocycles. The number of aliphatic hydroxyl groups is 1. The molecule has 1 N–H and O–H groups in total. The molecule has 16 heavy (non-hydrogen) atoms. The number of carbonyl (C=O) groups is 1. The summed E-state index contributed by atoms with van der Waals surface area (Å²) < 4.78 is 0. The highest BCUT2D eigenvalue weighted by Gasteiger charge is 2.24. The summed E-state index contributed by atoms with van der Waals surface area (Å²) in [5.41, 5.74) is 1.15. The molecule has 0 spiro atoms. The van der Waals surface area contributed by atoms with Gasteiger partial charge in [-0.2, -0.15) is 0 Å². The molecule has 1 atom stereocenters. The molecule has 0 radical (unpaired) electrons. The van der Waals surface area contributed by atoms with E-state index in [0.717, 1.165) is 11.8 Å². The summed E-state index contributed by atoms with van der Waals surface area (Å²) in [6.45, 7) is 1.68. The molecule has 0 bridgehead atoms. The molecule has 86 valence electrons. The van der Waals surface area contributed by atoms with Crippen molar-refractivity contribution < 1.29 is 9.90 Å². The Bertz CT molecular complexity index is 361. The Morgan fingerprint density at radius 2 is 2.00 bits per heavy atom. The van der Waals surface area contributed by atoms with E-state index < -0.39 is 5.60 Å². The van der Waals surface area contributed by atoms with E-state index >= 15 is 0 Å². The van der Waals surface area contributed by atoms with Gasteiger partial charge in [0, 0.05) is 6.42 Å². The van der Waals surface area contributed by atoms with Crippen molar-refractivity contribution in [3.63, 3.8) is 0 Å². The van der Waals surface area contributed by atoms with Crippen LogP contribution in [0.15, 0.2) is 24.3 Å². The molecule has 1 saturated carbocycles. The van der Waals surface area contributed by atoms with Crippen LogP contribution in [0.1, 0.15) is 49.7 Å². The van der Waals surface area contributed by atoms with Gasteiger partial charge < -0.3 is 9.90 Å². The van der Waals surface area contributed by atoms with Crippen molar-refractivity contribution in [2.75, 3.05) is 0 Å². The van der Waals surface area contributed by atoms with E-state index in [1.165, 1.54) is 24.8 Å². The van der Waals surface area contributed by atoms with Crippen LogP contribution in [0, 0.1) is 0 Å². The van der Waals surface area contributed by atoms with Crippen molar-refractivity contribution in [2.24, 2.45) is 0 Å². The quantitative estimate of drug-likeness (QED) is 0.789. The molecule has 1 unspecified atom stereocenters. The fourth-order valence-corrected chi connectivity index (χ4v) is 2.14. The first-order valence-electron chi connectivity index (χ1n) is 5.90. The zero-order chi connectivity index (χ0) is 11.6. The van der Waals surface area contributed by atoms with E-state index in [0.29, 0.717) is 5.92 Å². The van der Waals surface area contributed by atoms with Crippen molar-refractivity contribution in [1.29, 1.82) is 0 Å². The summed E-state index contributed by atoms with van der Waals surface area (Å²) in [4.78, 5) is 10.5. The number of benzene rings is 1. The largest absolute Gasteiger partial charge is 0.385 e. The monoisotopic (exact) mass is 218 g/mol. The van der Waals surface area contributed by atoms with Crippen molar-refractivity contribution >= 4 is 6.29 Å². The van der Waals surface area contributed by atoms with Crippen LogP contribution in [-0.4, -0.2) is 11.4 Å². The van der Waals surface area contributed by atoms with Gasteiger partial charge >= 0.3 is 0 Å². The summed E-state index contributed by atoms with van der Waals surface area (Å²) in [6, 6.07) is 8.05. The van der Waals surface area contributed by atoms with Crippen molar-refractivity contribution in [1.82, 2.24) is 0 Å². The third-order valence-corrected chi connectivity index (χ3v) is 3.59. The molecule has 0 saturated heterocycles. The van der Waals surface area contributed by atoms with Crippen LogP contribution in [0.3, 0.4) is 0 Å². The predicted octanol–water partition coefficient (Wildman–Crippen LogP) is 2.75. The molecule has 0 aromatic heterocycles. The number of hydrogen-bond acceptors (Lipinski definition) is 2. The summed E-state index contributed by atoms with van der Waals surface area (Å²) in [5.74, 6) is 0.713. The Hall–Kier alpha value is -1.15. The summed E-state index contributed by atoms with van der Waals surface area (Å²) >= 11 is 0. The topological polar surface area (TPSA) is 37.3 Å². The first-order chi connectivity index (χ1) is 7.63. The molecule has 1 aliphatic rings. The molecule has 1 fully saturated rings. The van der Waals surface area contributed by atoms with Gasteiger partial charge in [0.15, 0.2) is 0 Å². The second-order valence-corrected chi connectivity index (χ2v) is 4.89. The summed E-state index contributed by atoms with van der Waals surface area (Å²) in [5, 5.41) is 10.1. The third kappa shape index (κ3) is 2.17. The third-order valence-electron chi connectivity index (χ3n) is 3.59. The first-order valence-corrected chi connectivity index (χ1v) is 5.90. The number of aldehydes is 1. The Morgan fingerprint density at radius 3 is 2.44 bits per heavy atom. The van der Waals surface area contributed by atoms with Gasteiger partial charge in [-0.25, -0.2) is 0 Å². The molecule has 2 nitrogen and oxygen atoms in total. The molecule has 2 rings (SSSR count). The first kappa shape index (κ1) is 11.3. The van der Waals surface area contributed by atoms with Gasteiger partial charge in [0.2, 0.25) is 0 Å². The van der Waals surface area contributed by atoms with Crippen molar-refractivity contribution in [3.8, 4) is 0 Å². The van der Waals surface area contributed by atoms with Crippen LogP contribution in [0.2, 0.25) is 0 Å². The van der Waals surface area contributed by atoms with Crippen LogP contribution in [0.25, 0.3) is 0 Å². The van der Waals surface area contributed by atoms with Gasteiger partial charge in [-0.15, -0.1) is 0 Å². The average molecular weight is 218 g/mol. The normalized spacial score (nSPS) is 19.9. The second kappa shape index (κ2) is 4.38. The van der Waals surface area contributed by atoms with Gasteiger partial charge in [0.25, 0.3) is 0 Å². The Morgan fingerprint density at radius 1 is 1.38 bits per heavy atom. The predicted molar refractivity (Wildman–Crippen MR) is 63.3 cm³/mol. The molecule has 2 heteroatoms. The minimum Gasteiger partial charge on any atom is -0.385 e. The lowest BCUT2D eigenvalue weighted by molar-refractivity contribution is -0.112. The van der Waals surface area contributed by atoms with Crippen LogP contribution < -0.4 is 0 Å². The van der Waals surface area contributed by atoms with Crippen LogP contribution in [0.5, 0.6) is 0 Å². The second-order valence-electron chi connectivity index (χ2n) is 4.89. The van der Waals surface area contributed by atoms with Gasteiger partial charge in [-0.1, -0.05) is 30.7 Å². The standard InChI is InChI=1S/C14H18O2/c1-14(16,9-10-15)13-7-5-12(6-8-13)11-3-2-4-11/h5-8,10-11,16H,2-4,9H2,1H3. The molecule has 0 aliphatic heterocycles. The summed E-state index contributed by atoms with van der Waals surface area (Å²) in [6.07, 6.45) is 4.80. The highest BCUT2D eigenvalue weighted by Crippen LogP contribution is 2.37. The van der Waals surface area contributed by atoms with Crippen LogP contribution in [-0.2, 0) is 10.4 Å². The maximum atomic E-state index is 10.5. The fourth-order valence-electron chi connectivity index (χ4n) is 2.14. The maximum Gasteiger partial charge on any atom is 0.123 e. The van der Waals surface area contributed by atoms with E-state index in [9.17, 15) is 9.90 Å². The lowest BCUT2D eigenvalue weighted by atomic mass is 9.79. The smallest absolute Gasteiger partial charge is 0.123 e. The molecule has 1 aromatic carbocycles. The van der Waals surface area contributed by atoms with E-state index in [2.05, 4.69) is 12.1 Å². The number of hydrogen-bond donors (Lipinski definition) is 1. The highest BCUT2D eigenvalue weighted by molar-refractivity contribution is 5.52. The number of rotatable bonds is 4. The van der Waals surface area contributed by atoms with Gasteiger partial charge in [-0.05, 0) is 36.8 Å². The fraction of sp³-hybridized carbons (Fsp3) is 0.500. The number of carbonyl (C=O) groups excluding carboxylic acids is 1.